The van der Waals surface area contributed by atoms with Crippen molar-refractivity contribution in [2.75, 3.05) is 33.3 Å². The molecule has 7 heteroatoms. The van der Waals surface area contributed by atoms with E-state index in [2.05, 4.69) is 16.9 Å². The van der Waals surface area contributed by atoms with Gasteiger partial charge in [0.05, 0.1) is 29.5 Å². The van der Waals surface area contributed by atoms with Gasteiger partial charge in [-0.3, -0.25) is 9.69 Å². The quantitative estimate of drug-likeness (QED) is 0.834. The van der Waals surface area contributed by atoms with Gasteiger partial charge in [-0.25, -0.2) is 4.98 Å². The Morgan fingerprint density at radius 2 is 2.31 bits per heavy atom. The van der Waals surface area contributed by atoms with Gasteiger partial charge in [-0.15, -0.1) is 0 Å². The summed E-state index contributed by atoms with van der Waals surface area (Å²) in [5.41, 5.74) is 1.17. The maximum Gasteiger partial charge on any atom is 0.257 e. The number of ether oxygens (including phenoxy) is 1. The van der Waals surface area contributed by atoms with E-state index < -0.39 is 0 Å². The standard InChI is InChI=1S/C19H20N4O3/c1-22-9-15(10-26-17-3-2-14(7-20)8-21-17)6-19(22)12-23(13-19)18(24)16-4-5-25-11-16/h2-5,8,11,15H,6,9-10,12-13H2,1H3. The first-order valence-electron chi connectivity index (χ1n) is 8.61. The van der Waals surface area contributed by atoms with E-state index in [0.29, 0.717) is 29.5 Å². The Morgan fingerprint density at radius 1 is 1.46 bits per heavy atom. The lowest BCUT2D eigenvalue weighted by Crippen LogP contribution is -2.68. The largest absolute Gasteiger partial charge is 0.477 e. The van der Waals surface area contributed by atoms with E-state index in [1.807, 2.05) is 11.0 Å². The molecule has 1 amide bonds. The summed E-state index contributed by atoms with van der Waals surface area (Å²) < 4.78 is 10.8. The van der Waals surface area contributed by atoms with E-state index in [-0.39, 0.29) is 11.4 Å². The number of hydrogen-bond donors (Lipinski definition) is 0. The molecule has 7 nitrogen and oxygen atoms in total. The molecule has 2 fully saturated rings. The number of nitriles is 1. The first-order valence-corrected chi connectivity index (χ1v) is 8.61. The van der Waals surface area contributed by atoms with E-state index in [9.17, 15) is 4.79 Å². The Labute approximate surface area is 151 Å². The number of carbonyl (C=O) groups is 1. The normalized spacial score (nSPS) is 21.4. The predicted molar refractivity (Wildman–Crippen MR) is 92.5 cm³/mol. The summed E-state index contributed by atoms with van der Waals surface area (Å²) in [6, 6.07) is 7.17. The van der Waals surface area contributed by atoms with Crippen molar-refractivity contribution in [2.45, 2.75) is 12.0 Å². The molecule has 0 N–H and O–H groups in total. The molecule has 134 valence electrons. The Balaban J connectivity index is 1.31. The molecule has 2 aliphatic rings. The zero-order valence-electron chi connectivity index (χ0n) is 14.6. The molecule has 0 bridgehead atoms. The van der Waals surface area contributed by atoms with Crippen molar-refractivity contribution in [1.29, 1.82) is 5.26 Å². The van der Waals surface area contributed by atoms with E-state index in [1.54, 1.807) is 18.2 Å². The highest BCUT2D eigenvalue weighted by molar-refractivity contribution is 5.94. The van der Waals surface area contributed by atoms with Gasteiger partial charge in [-0.1, -0.05) is 0 Å². The number of aromatic nitrogens is 1. The smallest absolute Gasteiger partial charge is 0.257 e. The van der Waals surface area contributed by atoms with Gasteiger partial charge in [0, 0.05) is 37.8 Å². The molecule has 2 aromatic heterocycles. The molecular weight excluding hydrogens is 332 g/mol. The molecule has 2 saturated heterocycles. The number of nitrogens with zero attached hydrogens (tertiary/aromatic N) is 4. The van der Waals surface area contributed by atoms with Crippen molar-refractivity contribution in [3.05, 3.63) is 48.0 Å². The zero-order chi connectivity index (χ0) is 18.1. The van der Waals surface area contributed by atoms with Crippen molar-refractivity contribution in [3.8, 4) is 11.9 Å². The van der Waals surface area contributed by atoms with Gasteiger partial charge >= 0.3 is 0 Å². The van der Waals surface area contributed by atoms with Crippen LogP contribution in [0.5, 0.6) is 5.88 Å². The van der Waals surface area contributed by atoms with Gasteiger partial charge in [-0.05, 0) is 25.6 Å². The molecule has 4 heterocycles. The average Bonchev–Trinajstić information content (AvgIpc) is 3.26. The van der Waals surface area contributed by atoms with Crippen molar-refractivity contribution in [2.24, 2.45) is 5.92 Å². The van der Waals surface area contributed by atoms with E-state index in [1.165, 1.54) is 18.7 Å². The number of furan rings is 1. The maximum atomic E-state index is 12.4. The van der Waals surface area contributed by atoms with E-state index >= 15 is 0 Å². The van der Waals surface area contributed by atoms with Gasteiger partial charge in [0.25, 0.3) is 5.91 Å². The monoisotopic (exact) mass is 352 g/mol. The molecule has 4 rings (SSSR count). The fraction of sp³-hybridized carbons (Fsp3) is 0.421. The lowest BCUT2D eigenvalue weighted by Gasteiger charge is -2.51. The number of hydrogen-bond acceptors (Lipinski definition) is 6. The van der Waals surface area contributed by atoms with Crippen LogP contribution in [-0.2, 0) is 0 Å². The average molecular weight is 352 g/mol. The minimum absolute atomic E-state index is 0.0271. The molecule has 0 saturated carbocycles. The van der Waals surface area contributed by atoms with Gasteiger partial charge in [0.15, 0.2) is 0 Å². The number of rotatable bonds is 4. The highest BCUT2D eigenvalue weighted by Gasteiger charge is 2.53. The highest BCUT2D eigenvalue weighted by Crippen LogP contribution is 2.40. The lowest BCUT2D eigenvalue weighted by atomic mass is 9.84. The van der Waals surface area contributed by atoms with Crippen LogP contribution in [0.3, 0.4) is 0 Å². The molecular formula is C19H20N4O3. The first kappa shape index (κ1) is 16.6. The first-order chi connectivity index (χ1) is 12.6. The van der Waals surface area contributed by atoms with Crippen LogP contribution in [0.25, 0.3) is 0 Å². The van der Waals surface area contributed by atoms with Crippen LogP contribution < -0.4 is 4.74 Å². The predicted octanol–water partition coefficient (Wildman–Crippen LogP) is 1.77. The third-order valence-corrected chi connectivity index (χ3v) is 5.37. The van der Waals surface area contributed by atoms with Gasteiger partial charge < -0.3 is 14.1 Å². The Kier molecular flexibility index (Phi) is 4.13. The summed E-state index contributed by atoms with van der Waals surface area (Å²) in [5.74, 6) is 0.959. The topological polar surface area (TPSA) is 82.6 Å². The van der Waals surface area contributed by atoms with Crippen LogP contribution in [-0.4, -0.2) is 59.5 Å². The Morgan fingerprint density at radius 3 is 2.96 bits per heavy atom. The third-order valence-electron chi connectivity index (χ3n) is 5.37. The Bertz CT molecular complexity index is 819. The van der Waals surface area contributed by atoms with Gasteiger partial charge in [0.1, 0.15) is 12.3 Å². The summed E-state index contributed by atoms with van der Waals surface area (Å²) in [6.07, 6.45) is 5.53. The molecule has 0 radical (unpaired) electrons. The highest BCUT2D eigenvalue weighted by atomic mass is 16.5. The number of amides is 1. The SMILES string of the molecule is CN1CC(COc2ccc(C#N)cn2)CC12CN(C(=O)c1ccoc1)C2. The number of carbonyl (C=O) groups excluding carboxylic acids is 1. The fourth-order valence-electron chi connectivity index (χ4n) is 3.93. The second-order valence-electron chi connectivity index (χ2n) is 7.16. The number of pyridine rings is 1. The molecule has 1 spiro atoms. The van der Waals surface area contributed by atoms with Gasteiger partial charge in [0.2, 0.25) is 5.88 Å². The van der Waals surface area contributed by atoms with Crippen LogP contribution in [0.2, 0.25) is 0 Å². The summed E-state index contributed by atoms with van der Waals surface area (Å²) in [7, 11) is 2.11. The van der Waals surface area contributed by atoms with Crippen molar-refractivity contribution in [3.63, 3.8) is 0 Å². The third kappa shape index (κ3) is 2.93. The van der Waals surface area contributed by atoms with Crippen LogP contribution in [0, 0.1) is 17.2 Å². The molecule has 1 unspecified atom stereocenters. The van der Waals surface area contributed by atoms with Crippen LogP contribution in [0.15, 0.2) is 41.3 Å². The molecule has 1 atom stereocenters. The zero-order valence-corrected chi connectivity index (χ0v) is 14.6. The molecule has 26 heavy (non-hydrogen) atoms. The minimum Gasteiger partial charge on any atom is -0.477 e. The van der Waals surface area contributed by atoms with Crippen molar-refractivity contribution in [1.82, 2.24) is 14.8 Å². The molecule has 0 aliphatic carbocycles. The van der Waals surface area contributed by atoms with Crippen LogP contribution in [0.4, 0.5) is 0 Å². The number of likely N-dealkylation sites (N-methyl/N-ethyl adjacent to an activating group) is 1. The molecule has 2 aromatic rings. The molecule has 0 aromatic carbocycles. The maximum absolute atomic E-state index is 12.4. The molecule has 2 aliphatic heterocycles. The minimum atomic E-state index is 0.0271. The second-order valence-corrected chi connectivity index (χ2v) is 7.16. The van der Waals surface area contributed by atoms with Crippen LogP contribution in [0.1, 0.15) is 22.3 Å². The van der Waals surface area contributed by atoms with Crippen molar-refractivity contribution >= 4 is 5.91 Å². The number of likely N-dealkylation sites (tertiary alicyclic amines) is 2. The van der Waals surface area contributed by atoms with Crippen molar-refractivity contribution < 1.29 is 13.9 Å². The summed E-state index contributed by atoms with van der Waals surface area (Å²) in [6.45, 7) is 2.99. The Hall–Kier alpha value is -2.85. The summed E-state index contributed by atoms with van der Waals surface area (Å²) in [4.78, 5) is 20.7. The second kappa shape index (κ2) is 6.46. The van der Waals surface area contributed by atoms with Gasteiger partial charge in [-0.2, -0.15) is 5.26 Å². The fourth-order valence-corrected chi connectivity index (χ4v) is 3.93. The van der Waals surface area contributed by atoms with E-state index in [4.69, 9.17) is 14.4 Å². The lowest BCUT2D eigenvalue weighted by molar-refractivity contribution is -0.00775. The van der Waals surface area contributed by atoms with Crippen LogP contribution >= 0.6 is 0 Å². The summed E-state index contributed by atoms with van der Waals surface area (Å²) in [5, 5.41) is 8.80. The van der Waals surface area contributed by atoms with E-state index in [0.717, 1.165) is 26.1 Å². The summed E-state index contributed by atoms with van der Waals surface area (Å²) >= 11 is 0.